The second kappa shape index (κ2) is 6.83. The summed E-state index contributed by atoms with van der Waals surface area (Å²) < 4.78 is 10.6. The van der Waals surface area contributed by atoms with E-state index in [2.05, 4.69) is 10.6 Å². The molecule has 0 radical (unpaired) electrons. The lowest BCUT2D eigenvalue weighted by Gasteiger charge is -2.23. The van der Waals surface area contributed by atoms with Crippen molar-refractivity contribution in [3.8, 4) is 0 Å². The summed E-state index contributed by atoms with van der Waals surface area (Å²) in [4.78, 5) is 22.6. The van der Waals surface area contributed by atoms with Crippen molar-refractivity contribution >= 4 is 11.9 Å². The molecule has 0 aliphatic carbocycles. The lowest BCUT2D eigenvalue weighted by atomic mass is 10.0. The van der Waals surface area contributed by atoms with Gasteiger partial charge in [-0.15, -0.1) is 0 Å². The first-order valence-corrected chi connectivity index (χ1v) is 6.59. The minimum absolute atomic E-state index is 0.0203. The molecule has 0 aromatic heterocycles. The van der Waals surface area contributed by atoms with Crippen molar-refractivity contribution in [2.75, 3.05) is 32.9 Å². The Kier molecular flexibility index (Phi) is 5.12. The van der Waals surface area contributed by atoms with Crippen molar-refractivity contribution in [2.45, 2.75) is 25.0 Å². The highest BCUT2D eigenvalue weighted by molar-refractivity contribution is 5.79. The highest BCUT2D eigenvalue weighted by Crippen LogP contribution is 2.14. The van der Waals surface area contributed by atoms with Crippen LogP contribution in [-0.4, -0.2) is 62.0 Å². The van der Waals surface area contributed by atoms with E-state index in [1.807, 2.05) is 0 Å². The number of nitrogens with one attached hydrogen (secondary N) is 2. The Hall–Kier alpha value is -1.18. The van der Waals surface area contributed by atoms with Crippen LogP contribution < -0.4 is 10.6 Å². The third kappa shape index (κ3) is 4.15. The summed E-state index contributed by atoms with van der Waals surface area (Å²) in [6, 6.07) is -0.457. The van der Waals surface area contributed by atoms with E-state index in [1.54, 1.807) is 0 Å². The van der Waals surface area contributed by atoms with E-state index >= 15 is 0 Å². The summed E-state index contributed by atoms with van der Waals surface area (Å²) in [5.41, 5.74) is 0. The zero-order chi connectivity index (χ0) is 13.7. The summed E-state index contributed by atoms with van der Waals surface area (Å²) in [5, 5.41) is 14.8. The fourth-order valence-electron chi connectivity index (χ4n) is 2.34. The van der Waals surface area contributed by atoms with Crippen LogP contribution in [0.1, 0.15) is 12.8 Å². The number of rotatable bonds is 5. The maximum Gasteiger partial charge on any atom is 0.311 e. The van der Waals surface area contributed by atoms with Gasteiger partial charge in [-0.25, -0.2) is 0 Å². The van der Waals surface area contributed by atoms with E-state index < -0.39 is 17.9 Å². The van der Waals surface area contributed by atoms with Crippen molar-refractivity contribution in [3.63, 3.8) is 0 Å². The van der Waals surface area contributed by atoms with Gasteiger partial charge in [0.1, 0.15) is 12.5 Å². The van der Waals surface area contributed by atoms with Crippen molar-refractivity contribution in [3.05, 3.63) is 0 Å². The fourth-order valence-corrected chi connectivity index (χ4v) is 2.34. The monoisotopic (exact) mass is 272 g/mol. The molecule has 2 aliphatic heterocycles. The van der Waals surface area contributed by atoms with E-state index in [1.165, 1.54) is 0 Å². The Balaban J connectivity index is 1.70. The number of hydrogen-bond acceptors (Lipinski definition) is 5. The third-order valence-electron chi connectivity index (χ3n) is 3.48. The van der Waals surface area contributed by atoms with Gasteiger partial charge in [-0.05, 0) is 25.9 Å². The number of carboxylic acids is 1. The Morgan fingerprint density at radius 3 is 2.74 bits per heavy atom. The number of amides is 1. The van der Waals surface area contributed by atoms with Gasteiger partial charge in [0.2, 0.25) is 5.91 Å². The van der Waals surface area contributed by atoms with E-state index in [0.29, 0.717) is 0 Å². The number of piperidine rings is 1. The Bertz CT molecular complexity index is 330. The van der Waals surface area contributed by atoms with Crippen molar-refractivity contribution in [1.29, 1.82) is 0 Å². The molecule has 0 aromatic carbocycles. The largest absolute Gasteiger partial charge is 0.481 e. The summed E-state index contributed by atoms with van der Waals surface area (Å²) >= 11 is 0. The fraction of sp³-hybridized carbons (Fsp3) is 0.833. The molecule has 2 unspecified atom stereocenters. The highest BCUT2D eigenvalue weighted by atomic mass is 16.5. The van der Waals surface area contributed by atoms with Gasteiger partial charge in [0.25, 0.3) is 0 Å². The topological polar surface area (TPSA) is 96.9 Å². The van der Waals surface area contributed by atoms with Crippen molar-refractivity contribution in [1.82, 2.24) is 10.6 Å². The highest BCUT2D eigenvalue weighted by Gasteiger charge is 2.35. The quantitative estimate of drug-likeness (QED) is 0.592. The molecule has 0 aromatic rings. The molecule has 2 rings (SSSR count). The standard InChI is InChI=1S/C12H20N2O5/c15-11(7-19-8-1-3-13-4-2-8)14-10-6-18-5-9(10)12(16)17/h8-10,13H,1-7H2,(H,14,15)(H,16,17). The van der Waals surface area contributed by atoms with Crippen molar-refractivity contribution in [2.24, 2.45) is 5.92 Å². The second-order valence-electron chi connectivity index (χ2n) is 4.92. The molecule has 2 atom stereocenters. The van der Waals surface area contributed by atoms with Gasteiger partial charge >= 0.3 is 5.97 Å². The van der Waals surface area contributed by atoms with Gasteiger partial charge in [-0.2, -0.15) is 0 Å². The molecule has 0 spiro atoms. The number of carboxylic acid groups (broad SMARTS) is 1. The SMILES string of the molecule is O=C(COC1CCNCC1)NC1COCC1C(=O)O. The van der Waals surface area contributed by atoms with Crippen LogP contribution in [0.5, 0.6) is 0 Å². The molecule has 3 N–H and O–H groups in total. The molecule has 2 heterocycles. The van der Waals surface area contributed by atoms with Gasteiger partial charge in [0.05, 0.1) is 25.4 Å². The van der Waals surface area contributed by atoms with Crippen LogP contribution in [0, 0.1) is 5.92 Å². The maximum atomic E-state index is 11.7. The first kappa shape index (κ1) is 14.2. The molecular formula is C12H20N2O5. The third-order valence-corrected chi connectivity index (χ3v) is 3.48. The van der Waals surface area contributed by atoms with Crippen LogP contribution in [-0.2, 0) is 19.1 Å². The molecule has 7 nitrogen and oxygen atoms in total. The normalized spacial score (nSPS) is 28.2. The first-order valence-electron chi connectivity index (χ1n) is 6.59. The number of hydrogen-bond donors (Lipinski definition) is 3. The first-order chi connectivity index (χ1) is 9.16. The molecule has 0 saturated carbocycles. The molecule has 1 amide bonds. The summed E-state index contributed by atoms with van der Waals surface area (Å²) in [7, 11) is 0. The average Bonchev–Trinajstić information content (AvgIpc) is 2.86. The lowest BCUT2D eigenvalue weighted by molar-refractivity contribution is -0.142. The predicted octanol–water partition coefficient (Wildman–Crippen LogP) is -1.03. The van der Waals surface area contributed by atoms with E-state index in [9.17, 15) is 9.59 Å². The zero-order valence-corrected chi connectivity index (χ0v) is 10.8. The lowest BCUT2D eigenvalue weighted by Crippen LogP contribution is -2.45. The molecule has 2 saturated heterocycles. The van der Waals surface area contributed by atoms with Gasteiger partial charge in [0.15, 0.2) is 0 Å². The van der Waals surface area contributed by atoms with Crippen LogP contribution in [0.3, 0.4) is 0 Å². The molecule has 0 bridgehead atoms. The van der Waals surface area contributed by atoms with Crippen LogP contribution in [0.25, 0.3) is 0 Å². The molecule has 2 fully saturated rings. The van der Waals surface area contributed by atoms with Gasteiger partial charge in [-0.3, -0.25) is 9.59 Å². The Morgan fingerprint density at radius 2 is 2.05 bits per heavy atom. The van der Waals surface area contributed by atoms with Crippen LogP contribution in [0.4, 0.5) is 0 Å². The molecule has 7 heteroatoms. The smallest absolute Gasteiger partial charge is 0.311 e. The van der Waals surface area contributed by atoms with Crippen LogP contribution >= 0.6 is 0 Å². The number of ether oxygens (including phenoxy) is 2. The molecule has 2 aliphatic rings. The zero-order valence-electron chi connectivity index (χ0n) is 10.8. The second-order valence-corrected chi connectivity index (χ2v) is 4.92. The molecule has 108 valence electrons. The number of carbonyl (C=O) groups is 2. The van der Waals surface area contributed by atoms with E-state index in [-0.39, 0.29) is 31.8 Å². The Morgan fingerprint density at radius 1 is 1.32 bits per heavy atom. The predicted molar refractivity (Wildman–Crippen MR) is 65.7 cm³/mol. The maximum absolute atomic E-state index is 11.7. The minimum atomic E-state index is -0.943. The van der Waals surface area contributed by atoms with E-state index in [0.717, 1.165) is 25.9 Å². The van der Waals surface area contributed by atoms with Gasteiger partial charge in [0, 0.05) is 0 Å². The average molecular weight is 272 g/mol. The Labute approximate surface area is 111 Å². The molecule has 19 heavy (non-hydrogen) atoms. The minimum Gasteiger partial charge on any atom is -0.481 e. The van der Waals surface area contributed by atoms with Gasteiger partial charge < -0.3 is 25.2 Å². The van der Waals surface area contributed by atoms with Crippen LogP contribution in [0.15, 0.2) is 0 Å². The number of carbonyl (C=O) groups excluding carboxylic acids is 1. The molecular weight excluding hydrogens is 252 g/mol. The van der Waals surface area contributed by atoms with E-state index in [4.69, 9.17) is 14.6 Å². The van der Waals surface area contributed by atoms with Crippen molar-refractivity contribution < 1.29 is 24.2 Å². The summed E-state index contributed by atoms with van der Waals surface area (Å²) in [5.74, 6) is -1.88. The van der Waals surface area contributed by atoms with Crippen LogP contribution in [0.2, 0.25) is 0 Å². The number of aliphatic carboxylic acids is 1. The summed E-state index contributed by atoms with van der Waals surface area (Å²) in [6.45, 7) is 2.19. The summed E-state index contributed by atoms with van der Waals surface area (Å²) in [6.07, 6.45) is 1.91. The van der Waals surface area contributed by atoms with Gasteiger partial charge in [-0.1, -0.05) is 0 Å².